The van der Waals surface area contributed by atoms with Crippen LogP contribution in [0.4, 0.5) is 0 Å². The normalized spacial score (nSPS) is 45.9. The zero-order chi connectivity index (χ0) is 19.1. The van der Waals surface area contributed by atoms with Crippen LogP contribution in [0, 0.1) is 34.5 Å². The highest BCUT2D eigenvalue weighted by Crippen LogP contribution is 2.73. The van der Waals surface area contributed by atoms with Crippen molar-refractivity contribution < 1.29 is 18.9 Å². The van der Waals surface area contributed by atoms with Gasteiger partial charge < -0.3 is 18.9 Å². The van der Waals surface area contributed by atoms with Gasteiger partial charge in [0.25, 0.3) is 0 Å². The van der Waals surface area contributed by atoms with Gasteiger partial charge in [0, 0.05) is 11.8 Å². The maximum absolute atomic E-state index is 6.44. The molecule has 2 saturated carbocycles. The molecule has 0 spiro atoms. The molecule has 150 valence electrons. The Kier molecular flexibility index (Phi) is 4.19. The first kappa shape index (κ1) is 19.2. The van der Waals surface area contributed by atoms with Crippen LogP contribution >= 0.6 is 0 Å². The minimum atomic E-state index is -0.291. The Morgan fingerprint density at radius 2 is 0.885 bits per heavy atom. The van der Waals surface area contributed by atoms with Crippen molar-refractivity contribution in [2.24, 2.45) is 34.5 Å². The summed E-state index contributed by atoms with van der Waals surface area (Å²) in [5.41, 5.74) is 0.0655. The SMILES string of the molecule is CC1(C)OCC(C2COC3C(OC2)C2C3C(C)(C)C2(C)C)COC1(C)C. The van der Waals surface area contributed by atoms with E-state index in [0.717, 1.165) is 13.2 Å². The summed E-state index contributed by atoms with van der Waals surface area (Å²) >= 11 is 0. The number of ether oxygens (including phenoxy) is 4. The lowest BCUT2D eigenvalue weighted by atomic mass is 9.32. The highest BCUT2D eigenvalue weighted by Gasteiger charge is 2.75. The molecule has 0 N–H and O–H groups in total. The Bertz CT molecular complexity index is 516. The standard InChI is InChI=1S/C22H38O4/c1-19(2)15-16(20(19,3)4)18-17(15)23-9-13(10-24-18)14-11-25-21(5,6)22(7,8)26-12-14/h13-18H,9-12H2,1-8H3. The van der Waals surface area contributed by atoms with E-state index in [1.165, 1.54) is 0 Å². The van der Waals surface area contributed by atoms with E-state index in [4.69, 9.17) is 18.9 Å². The van der Waals surface area contributed by atoms with Crippen molar-refractivity contribution >= 4 is 0 Å². The molecule has 0 aromatic carbocycles. The van der Waals surface area contributed by atoms with Crippen molar-refractivity contribution in [2.45, 2.75) is 78.8 Å². The van der Waals surface area contributed by atoms with Crippen molar-refractivity contribution in [3.63, 3.8) is 0 Å². The smallest absolute Gasteiger partial charge is 0.0909 e. The van der Waals surface area contributed by atoms with E-state index in [1.807, 2.05) is 0 Å². The molecule has 4 atom stereocenters. The molecule has 4 heteroatoms. The number of fused-ring (bicyclic) bond motifs is 4. The minimum absolute atomic E-state index is 0.272. The number of hydrogen-bond acceptors (Lipinski definition) is 4. The summed E-state index contributed by atoms with van der Waals surface area (Å²) < 4.78 is 25.4. The predicted molar refractivity (Wildman–Crippen MR) is 101 cm³/mol. The Morgan fingerprint density at radius 1 is 0.538 bits per heavy atom. The first-order chi connectivity index (χ1) is 11.9. The maximum atomic E-state index is 6.44. The van der Waals surface area contributed by atoms with Gasteiger partial charge in [-0.05, 0) is 50.4 Å². The quantitative estimate of drug-likeness (QED) is 0.705. The molecule has 0 radical (unpaired) electrons. The lowest BCUT2D eigenvalue weighted by Gasteiger charge is -2.75. The van der Waals surface area contributed by atoms with E-state index in [9.17, 15) is 0 Å². The molecule has 0 aromatic heterocycles. The summed E-state index contributed by atoms with van der Waals surface area (Å²) in [5, 5.41) is 0. The molecule has 4 nitrogen and oxygen atoms in total. The van der Waals surface area contributed by atoms with Crippen molar-refractivity contribution in [3.8, 4) is 0 Å². The Balaban J connectivity index is 1.43. The molecular formula is C22H38O4. The number of rotatable bonds is 1. The summed E-state index contributed by atoms with van der Waals surface area (Å²) in [4.78, 5) is 0. The summed E-state index contributed by atoms with van der Waals surface area (Å²) in [5.74, 6) is 1.95. The molecule has 0 amide bonds. The van der Waals surface area contributed by atoms with E-state index in [0.29, 0.717) is 47.7 Å². The van der Waals surface area contributed by atoms with Crippen LogP contribution in [0.5, 0.6) is 0 Å². The summed E-state index contributed by atoms with van der Waals surface area (Å²) in [7, 11) is 0. The molecule has 2 aliphatic carbocycles. The molecule has 4 fully saturated rings. The first-order valence-electron chi connectivity index (χ1n) is 10.4. The Hall–Kier alpha value is -0.160. The van der Waals surface area contributed by atoms with Gasteiger partial charge in [0.2, 0.25) is 0 Å². The van der Waals surface area contributed by atoms with Crippen molar-refractivity contribution in [1.82, 2.24) is 0 Å². The van der Waals surface area contributed by atoms with Crippen molar-refractivity contribution in [1.29, 1.82) is 0 Å². The van der Waals surface area contributed by atoms with Crippen LogP contribution in [0.2, 0.25) is 0 Å². The second-order valence-corrected chi connectivity index (χ2v) is 11.3. The summed E-state index contributed by atoms with van der Waals surface area (Å²) in [6.07, 6.45) is 0.544. The van der Waals surface area contributed by atoms with E-state index >= 15 is 0 Å². The fourth-order valence-corrected chi connectivity index (χ4v) is 5.64. The van der Waals surface area contributed by atoms with Crippen molar-refractivity contribution in [3.05, 3.63) is 0 Å². The lowest BCUT2D eigenvalue weighted by Crippen LogP contribution is -2.78. The van der Waals surface area contributed by atoms with E-state index < -0.39 is 0 Å². The van der Waals surface area contributed by atoms with Gasteiger partial charge in [-0.1, -0.05) is 27.7 Å². The molecule has 0 bridgehead atoms. The zero-order valence-corrected chi connectivity index (χ0v) is 17.9. The van der Waals surface area contributed by atoms with E-state index in [2.05, 4.69) is 55.4 Å². The molecule has 4 aliphatic rings. The minimum Gasteiger partial charge on any atom is -0.375 e. The molecule has 2 heterocycles. The second-order valence-electron chi connectivity index (χ2n) is 11.3. The fourth-order valence-electron chi connectivity index (χ4n) is 5.64. The van der Waals surface area contributed by atoms with Crippen LogP contribution in [0.1, 0.15) is 55.4 Å². The molecule has 0 aromatic rings. The van der Waals surface area contributed by atoms with Crippen LogP contribution in [0.15, 0.2) is 0 Å². The van der Waals surface area contributed by atoms with Gasteiger partial charge >= 0.3 is 0 Å². The monoisotopic (exact) mass is 366 g/mol. The topological polar surface area (TPSA) is 36.9 Å². The first-order valence-corrected chi connectivity index (χ1v) is 10.4. The average molecular weight is 367 g/mol. The predicted octanol–water partition coefficient (Wildman–Crippen LogP) is 3.92. The largest absolute Gasteiger partial charge is 0.375 e. The molecule has 4 unspecified atom stereocenters. The van der Waals surface area contributed by atoms with Gasteiger partial charge in [-0.15, -0.1) is 0 Å². The van der Waals surface area contributed by atoms with Crippen LogP contribution in [-0.2, 0) is 18.9 Å². The van der Waals surface area contributed by atoms with Gasteiger partial charge in [0.1, 0.15) is 0 Å². The lowest BCUT2D eigenvalue weighted by molar-refractivity contribution is -0.345. The molecule has 4 rings (SSSR count). The van der Waals surface area contributed by atoms with E-state index in [1.54, 1.807) is 0 Å². The molecule has 2 aliphatic heterocycles. The average Bonchev–Trinajstić information content (AvgIpc) is 2.72. The molecule has 2 saturated heterocycles. The van der Waals surface area contributed by atoms with Gasteiger partial charge in [-0.3, -0.25) is 0 Å². The third-order valence-corrected chi connectivity index (χ3v) is 9.18. The van der Waals surface area contributed by atoms with Gasteiger partial charge in [0.05, 0.1) is 49.8 Å². The molecule has 26 heavy (non-hydrogen) atoms. The fraction of sp³-hybridized carbons (Fsp3) is 1.00. The van der Waals surface area contributed by atoms with Gasteiger partial charge in [-0.2, -0.15) is 0 Å². The summed E-state index contributed by atoms with van der Waals surface area (Å²) in [6, 6.07) is 0. The molecular weight excluding hydrogens is 328 g/mol. The third-order valence-electron chi connectivity index (χ3n) is 9.18. The highest BCUT2D eigenvalue weighted by atomic mass is 16.6. The summed E-state index contributed by atoms with van der Waals surface area (Å²) in [6.45, 7) is 21.0. The highest BCUT2D eigenvalue weighted by molar-refractivity contribution is 5.23. The van der Waals surface area contributed by atoms with Gasteiger partial charge in [-0.25, -0.2) is 0 Å². The van der Waals surface area contributed by atoms with Crippen LogP contribution in [0.25, 0.3) is 0 Å². The van der Waals surface area contributed by atoms with Crippen LogP contribution < -0.4 is 0 Å². The third kappa shape index (κ3) is 2.41. The van der Waals surface area contributed by atoms with E-state index in [-0.39, 0.29) is 23.4 Å². The van der Waals surface area contributed by atoms with Crippen LogP contribution in [-0.4, -0.2) is 49.8 Å². The van der Waals surface area contributed by atoms with Crippen LogP contribution in [0.3, 0.4) is 0 Å². The Labute approximate surface area is 159 Å². The van der Waals surface area contributed by atoms with Crippen molar-refractivity contribution in [2.75, 3.05) is 26.4 Å². The second kappa shape index (κ2) is 5.68. The van der Waals surface area contributed by atoms with Gasteiger partial charge in [0.15, 0.2) is 0 Å². The maximum Gasteiger partial charge on any atom is 0.0909 e. The number of hydrogen-bond donors (Lipinski definition) is 0. The Morgan fingerprint density at radius 3 is 1.27 bits per heavy atom. The zero-order valence-electron chi connectivity index (χ0n) is 17.9.